The summed E-state index contributed by atoms with van der Waals surface area (Å²) in [6, 6.07) is 7.76. The Bertz CT molecular complexity index is 700. The lowest BCUT2D eigenvalue weighted by molar-refractivity contribution is 0.129. The monoisotopic (exact) mass is 328 g/mol. The molecule has 0 bridgehead atoms. The Morgan fingerprint density at radius 3 is 2.59 bits per heavy atom. The molecular formula is C15H18F2N2O2S. The summed E-state index contributed by atoms with van der Waals surface area (Å²) >= 11 is 0. The summed E-state index contributed by atoms with van der Waals surface area (Å²) in [5.74, 6) is -0.0000755. The van der Waals surface area contributed by atoms with Crippen molar-refractivity contribution >= 4 is 9.84 Å². The average Bonchev–Trinajstić information content (AvgIpc) is 3.01. The van der Waals surface area contributed by atoms with Crippen LogP contribution in [0.2, 0.25) is 0 Å². The highest BCUT2D eigenvalue weighted by Gasteiger charge is 2.19. The van der Waals surface area contributed by atoms with Crippen LogP contribution in [0.5, 0.6) is 0 Å². The molecule has 7 heteroatoms. The van der Waals surface area contributed by atoms with Gasteiger partial charge >= 0.3 is 0 Å². The van der Waals surface area contributed by atoms with E-state index < -0.39 is 22.3 Å². The van der Waals surface area contributed by atoms with Crippen LogP contribution in [0.1, 0.15) is 31.4 Å². The Hall–Kier alpha value is -1.76. The number of rotatable bonds is 7. The van der Waals surface area contributed by atoms with E-state index in [-0.39, 0.29) is 23.5 Å². The van der Waals surface area contributed by atoms with Gasteiger partial charge in [0.1, 0.15) is 0 Å². The zero-order valence-corrected chi connectivity index (χ0v) is 13.0. The molecule has 0 saturated carbocycles. The van der Waals surface area contributed by atoms with Gasteiger partial charge in [-0.1, -0.05) is 19.1 Å². The van der Waals surface area contributed by atoms with Crippen molar-refractivity contribution in [1.82, 2.24) is 9.78 Å². The first-order valence-electron chi connectivity index (χ1n) is 7.04. The van der Waals surface area contributed by atoms with Crippen LogP contribution in [0.3, 0.4) is 0 Å². The number of hydrogen-bond donors (Lipinski definition) is 0. The molecule has 1 aromatic heterocycles. The van der Waals surface area contributed by atoms with E-state index >= 15 is 0 Å². The molecule has 0 amide bonds. The van der Waals surface area contributed by atoms with Crippen LogP contribution < -0.4 is 0 Å². The molecule has 0 fully saturated rings. The van der Waals surface area contributed by atoms with Gasteiger partial charge in [-0.2, -0.15) is 5.10 Å². The summed E-state index contributed by atoms with van der Waals surface area (Å²) in [4.78, 5) is 0.210. The molecule has 2 aromatic rings. The minimum atomic E-state index is -3.33. The largest absolute Gasteiger partial charge is 0.265 e. The number of aromatic nitrogens is 2. The van der Waals surface area contributed by atoms with Gasteiger partial charge in [0.15, 0.2) is 9.84 Å². The van der Waals surface area contributed by atoms with Crippen molar-refractivity contribution in [3.8, 4) is 0 Å². The Morgan fingerprint density at radius 1 is 1.23 bits per heavy atom. The molecule has 1 atom stereocenters. The predicted molar refractivity (Wildman–Crippen MR) is 79.8 cm³/mol. The third kappa shape index (κ3) is 3.91. The molecule has 0 spiro atoms. The molecule has 22 heavy (non-hydrogen) atoms. The summed E-state index contributed by atoms with van der Waals surface area (Å²) in [6.07, 6.45) is 0.782. The lowest BCUT2D eigenvalue weighted by Crippen LogP contribution is -2.14. The molecule has 0 saturated heterocycles. The van der Waals surface area contributed by atoms with Crippen molar-refractivity contribution in [3.05, 3.63) is 48.3 Å². The summed E-state index contributed by atoms with van der Waals surface area (Å²) in [7, 11) is -3.33. The fourth-order valence-corrected chi connectivity index (χ4v) is 3.22. The van der Waals surface area contributed by atoms with E-state index in [1.807, 2.05) is 0 Å². The molecule has 0 N–H and O–H groups in total. The van der Waals surface area contributed by atoms with Crippen molar-refractivity contribution in [2.24, 2.45) is 0 Å². The SMILES string of the molecule is CCS(=O)(=O)c1cccc(C(CCC(F)F)n2cccn2)c1. The van der Waals surface area contributed by atoms with Crippen LogP contribution in [0.15, 0.2) is 47.6 Å². The van der Waals surface area contributed by atoms with Gasteiger partial charge in [-0.25, -0.2) is 17.2 Å². The minimum Gasteiger partial charge on any atom is -0.265 e. The van der Waals surface area contributed by atoms with Gasteiger partial charge < -0.3 is 0 Å². The molecule has 1 unspecified atom stereocenters. The molecular weight excluding hydrogens is 310 g/mol. The number of nitrogens with zero attached hydrogens (tertiary/aromatic N) is 2. The standard InChI is InChI=1S/C15H18F2N2O2S/c1-2-22(20,21)13-6-3-5-12(11-13)14(7-8-15(16)17)19-10-4-9-18-19/h3-6,9-11,14-15H,2,7-8H2,1H3. The predicted octanol–water partition coefficient (Wildman–Crippen LogP) is 3.31. The normalized spacial score (nSPS) is 13.5. The van der Waals surface area contributed by atoms with Crippen LogP contribution >= 0.6 is 0 Å². The third-order valence-corrected chi connectivity index (χ3v) is 5.22. The third-order valence-electron chi connectivity index (χ3n) is 3.48. The van der Waals surface area contributed by atoms with Crippen molar-refractivity contribution in [1.29, 1.82) is 0 Å². The Labute approximate surface area is 128 Å². The maximum Gasteiger partial charge on any atom is 0.238 e. The smallest absolute Gasteiger partial charge is 0.238 e. The molecule has 0 aliphatic carbocycles. The zero-order chi connectivity index (χ0) is 16.2. The van der Waals surface area contributed by atoms with Crippen molar-refractivity contribution < 1.29 is 17.2 Å². The molecule has 0 radical (unpaired) electrons. The Morgan fingerprint density at radius 2 is 2.00 bits per heavy atom. The zero-order valence-electron chi connectivity index (χ0n) is 12.2. The topological polar surface area (TPSA) is 52.0 Å². The van der Waals surface area contributed by atoms with Crippen molar-refractivity contribution in [3.63, 3.8) is 0 Å². The molecule has 1 aromatic carbocycles. The lowest BCUT2D eigenvalue weighted by Gasteiger charge is -2.19. The number of alkyl halides is 2. The highest BCUT2D eigenvalue weighted by Crippen LogP contribution is 2.26. The van der Waals surface area contributed by atoms with Gasteiger partial charge in [-0.3, -0.25) is 4.68 Å². The van der Waals surface area contributed by atoms with Gasteiger partial charge in [-0.05, 0) is 30.2 Å². The number of benzene rings is 1. The van der Waals surface area contributed by atoms with Crippen LogP contribution in [0, 0.1) is 0 Å². The lowest BCUT2D eigenvalue weighted by atomic mass is 10.0. The molecule has 2 rings (SSSR count). The Balaban J connectivity index is 2.38. The highest BCUT2D eigenvalue weighted by molar-refractivity contribution is 7.91. The fourth-order valence-electron chi connectivity index (χ4n) is 2.28. The van der Waals surface area contributed by atoms with Crippen LogP contribution in [0.4, 0.5) is 8.78 Å². The van der Waals surface area contributed by atoms with Gasteiger partial charge in [0, 0.05) is 18.8 Å². The van der Waals surface area contributed by atoms with E-state index in [1.54, 1.807) is 48.3 Å². The first kappa shape index (κ1) is 16.6. The van der Waals surface area contributed by atoms with Crippen molar-refractivity contribution in [2.45, 2.75) is 37.1 Å². The number of sulfone groups is 1. The molecule has 4 nitrogen and oxygen atoms in total. The maximum atomic E-state index is 12.6. The number of halogens is 2. The van der Waals surface area contributed by atoms with Crippen LogP contribution in [-0.2, 0) is 9.84 Å². The van der Waals surface area contributed by atoms with E-state index in [4.69, 9.17) is 0 Å². The maximum absolute atomic E-state index is 12.6. The minimum absolute atomic E-state index is 0.0000755. The van der Waals surface area contributed by atoms with Gasteiger partial charge in [-0.15, -0.1) is 0 Å². The Kier molecular flexibility index (Phi) is 5.28. The van der Waals surface area contributed by atoms with Crippen LogP contribution in [0.25, 0.3) is 0 Å². The second-order valence-corrected chi connectivity index (χ2v) is 7.22. The average molecular weight is 328 g/mol. The highest BCUT2D eigenvalue weighted by atomic mass is 32.2. The summed E-state index contributed by atoms with van der Waals surface area (Å²) in [5, 5.41) is 4.11. The first-order chi connectivity index (χ1) is 10.4. The molecule has 0 aliphatic rings. The summed E-state index contributed by atoms with van der Waals surface area (Å²) in [5.41, 5.74) is 0.666. The summed E-state index contributed by atoms with van der Waals surface area (Å²) in [6.45, 7) is 1.57. The van der Waals surface area contributed by atoms with Gasteiger partial charge in [0.25, 0.3) is 0 Å². The van der Waals surface area contributed by atoms with Gasteiger partial charge in [0.2, 0.25) is 6.43 Å². The molecule has 0 aliphatic heterocycles. The van der Waals surface area contributed by atoms with E-state index in [1.165, 1.54) is 6.07 Å². The van der Waals surface area contributed by atoms with Crippen LogP contribution in [-0.4, -0.2) is 30.4 Å². The quantitative estimate of drug-likeness (QED) is 0.783. The summed E-state index contributed by atoms with van der Waals surface area (Å²) < 4.78 is 50.7. The van der Waals surface area contributed by atoms with Crippen molar-refractivity contribution in [2.75, 3.05) is 5.75 Å². The van der Waals surface area contributed by atoms with E-state index in [2.05, 4.69) is 5.10 Å². The second kappa shape index (κ2) is 7.00. The number of hydrogen-bond acceptors (Lipinski definition) is 3. The fraction of sp³-hybridized carbons (Fsp3) is 0.400. The first-order valence-corrected chi connectivity index (χ1v) is 8.69. The van der Waals surface area contributed by atoms with E-state index in [0.29, 0.717) is 5.56 Å². The van der Waals surface area contributed by atoms with E-state index in [0.717, 1.165) is 0 Å². The molecule has 120 valence electrons. The van der Waals surface area contributed by atoms with E-state index in [9.17, 15) is 17.2 Å². The second-order valence-electron chi connectivity index (χ2n) is 4.95. The van der Waals surface area contributed by atoms with Gasteiger partial charge in [0.05, 0.1) is 16.7 Å². The molecule has 1 heterocycles.